The number of fused-ring (bicyclic) bond motifs is 5. The molecule has 0 spiro atoms. The third-order valence-electron chi connectivity index (χ3n) is 9.48. The molecule has 0 aromatic carbocycles. The molecule has 3 saturated carbocycles. The van der Waals surface area contributed by atoms with E-state index in [1.165, 1.54) is 36.2 Å². The highest BCUT2D eigenvalue weighted by Gasteiger charge is 2.59. The van der Waals surface area contributed by atoms with Crippen molar-refractivity contribution >= 4 is 17.6 Å². The van der Waals surface area contributed by atoms with Crippen molar-refractivity contribution in [3.63, 3.8) is 0 Å². The zero-order valence-electron chi connectivity index (χ0n) is 19.5. The van der Waals surface area contributed by atoms with Crippen molar-refractivity contribution in [2.24, 2.45) is 39.7 Å². The topological polar surface area (TPSA) is 79.2 Å². The molecule has 4 aliphatic carbocycles. The Morgan fingerprint density at radius 1 is 1.19 bits per heavy atom. The number of hydrogen-bond acceptors (Lipinski definition) is 5. The molecule has 0 bridgehead atoms. The first kappa shape index (κ1) is 22.5. The van der Waals surface area contributed by atoms with Gasteiger partial charge in [0.2, 0.25) is 0 Å². The van der Waals surface area contributed by atoms with Gasteiger partial charge in [0.1, 0.15) is 0 Å². The van der Waals surface area contributed by atoms with Gasteiger partial charge >= 0.3 is 6.09 Å². The van der Waals surface area contributed by atoms with Gasteiger partial charge in [-0.3, -0.25) is 9.63 Å². The monoisotopic (exact) mass is 430 g/mol. The van der Waals surface area contributed by atoms with E-state index < -0.39 is 6.09 Å². The number of aliphatic hydroxyl groups is 1. The van der Waals surface area contributed by atoms with E-state index in [2.05, 4.69) is 19.0 Å². The molecule has 172 valence electrons. The predicted molar refractivity (Wildman–Crippen MR) is 120 cm³/mol. The van der Waals surface area contributed by atoms with Gasteiger partial charge in [-0.25, -0.2) is 4.79 Å². The summed E-state index contributed by atoms with van der Waals surface area (Å²) in [7, 11) is 1.60. The molecule has 0 aromatic heterocycles. The lowest BCUT2D eigenvalue weighted by Gasteiger charge is -2.58. The van der Waals surface area contributed by atoms with Gasteiger partial charge in [-0.1, -0.05) is 24.6 Å². The summed E-state index contributed by atoms with van der Waals surface area (Å²) in [6.45, 7) is 7.00. The van der Waals surface area contributed by atoms with Gasteiger partial charge < -0.3 is 10.0 Å². The van der Waals surface area contributed by atoms with E-state index >= 15 is 0 Å². The van der Waals surface area contributed by atoms with Crippen LogP contribution in [0.15, 0.2) is 16.8 Å². The number of carbonyl (C=O) groups is 2. The molecule has 0 radical (unpaired) electrons. The van der Waals surface area contributed by atoms with E-state index in [4.69, 9.17) is 9.94 Å². The molecule has 0 aromatic rings. The lowest BCUT2D eigenvalue weighted by Crippen LogP contribution is -2.51. The SMILES string of the molecule is C/C(=N\OC(=O)N(C)CCO)[C@H]1CC[C@H]2[C@@H]3CCC4=CC(=O)CC[C@]4(C)[C@H]3CC[C@]12C. The maximum Gasteiger partial charge on any atom is 0.435 e. The summed E-state index contributed by atoms with van der Waals surface area (Å²) in [4.78, 5) is 30.6. The normalized spacial score (nSPS) is 39.8. The highest BCUT2D eigenvalue weighted by atomic mass is 16.7. The number of rotatable bonds is 4. The number of allylic oxidation sites excluding steroid dienone is 1. The molecule has 1 amide bonds. The van der Waals surface area contributed by atoms with E-state index in [1.807, 2.05) is 13.0 Å². The number of carbonyl (C=O) groups excluding carboxylic acids is 2. The number of nitrogens with zero attached hydrogens (tertiary/aromatic N) is 2. The minimum absolute atomic E-state index is 0.0940. The van der Waals surface area contributed by atoms with Crippen LogP contribution in [-0.2, 0) is 9.63 Å². The van der Waals surface area contributed by atoms with Gasteiger partial charge in [0.25, 0.3) is 0 Å². The molecular weight excluding hydrogens is 392 g/mol. The number of oxime groups is 1. The first-order valence-electron chi connectivity index (χ1n) is 12.0. The van der Waals surface area contributed by atoms with Gasteiger partial charge in [0, 0.05) is 25.9 Å². The number of hydrogen-bond donors (Lipinski definition) is 1. The van der Waals surface area contributed by atoms with Crippen LogP contribution < -0.4 is 0 Å². The molecule has 6 nitrogen and oxygen atoms in total. The minimum atomic E-state index is -0.525. The summed E-state index contributed by atoms with van der Waals surface area (Å²) in [5.41, 5.74) is 2.73. The molecule has 1 N–H and O–H groups in total. The Morgan fingerprint density at radius 3 is 2.71 bits per heavy atom. The Kier molecular flexibility index (Phi) is 6.06. The van der Waals surface area contributed by atoms with E-state index in [-0.39, 0.29) is 24.0 Å². The van der Waals surface area contributed by atoms with Crippen LogP contribution in [0, 0.1) is 34.5 Å². The van der Waals surface area contributed by atoms with Crippen LogP contribution >= 0.6 is 0 Å². The van der Waals surface area contributed by atoms with Gasteiger partial charge in [-0.2, -0.15) is 0 Å². The number of ketones is 1. The lowest BCUT2D eigenvalue weighted by molar-refractivity contribution is -0.117. The van der Waals surface area contributed by atoms with Crippen LogP contribution in [-0.4, -0.2) is 47.8 Å². The summed E-state index contributed by atoms with van der Waals surface area (Å²) < 4.78 is 0. The standard InChI is InChI=1S/C25H38N2O4/c1-16(26-31-23(30)27(4)13-14-28)20-7-8-21-19-6-5-17-15-18(29)9-11-24(17,2)22(19)10-12-25(20,21)3/h15,19-22,28H,5-14H2,1-4H3/b26-16+/t19-,20+,21-,22-,24-,25+/m0/s1. The zero-order chi connectivity index (χ0) is 22.4. The first-order chi connectivity index (χ1) is 14.7. The van der Waals surface area contributed by atoms with E-state index in [0.29, 0.717) is 35.9 Å². The molecule has 0 saturated heterocycles. The summed E-state index contributed by atoms with van der Waals surface area (Å²) in [5.74, 6) is 2.72. The molecule has 4 aliphatic rings. The van der Waals surface area contributed by atoms with Crippen LogP contribution in [0.1, 0.15) is 72.1 Å². The van der Waals surface area contributed by atoms with Crippen molar-refractivity contribution in [2.75, 3.05) is 20.2 Å². The number of amides is 1. The Morgan fingerprint density at radius 2 is 1.97 bits per heavy atom. The quantitative estimate of drug-likeness (QED) is 0.402. The largest absolute Gasteiger partial charge is 0.435 e. The fraction of sp³-hybridized carbons (Fsp3) is 0.800. The predicted octanol–water partition coefficient (Wildman–Crippen LogP) is 4.57. The van der Waals surface area contributed by atoms with Gasteiger partial charge in [0.15, 0.2) is 5.78 Å². The van der Waals surface area contributed by atoms with Crippen LogP contribution in [0.4, 0.5) is 4.79 Å². The van der Waals surface area contributed by atoms with Crippen molar-refractivity contribution < 1.29 is 19.5 Å². The first-order valence-corrected chi connectivity index (χ1v) is 12.0. The fourth-order valence-electron chi connectivity index (χ4n) is 7.73. The summed E-state index contributed by atoms with van der Waals surface area (Å²) in [6.07, 6.45) is 10.1. The second kappa shape index (κ2) is 8.34. The van der Waals surface area contributed by atoms with Crippen molar-refractivity contribution in [3.05, 3.63) is 11.6 Å². The minimum Gasteiger partial charge on any atom is -0.395 e. The smallest absolute Gasteiger partial charge is 0.395 e. The molecule has 0 unspecified atom stereocenters. The molecule has 4 rings (SSSR count). The highest BCUT2D eigenvalue weighted by Crippen LogP contribution is 2.66. The number of likely N-dealkylation sites (N-methyl/N-ethyl adjacent to an activating group) is 1. The Hall–Kier alpha value is -1.69. The maximum absolute atomic E-state index is 12.1. The second-order valence-electron chi connectivity index (χ2n) is 10.9. The Labute approximate surface area is 186 Å². The zero-order valence-corrected chi connectivity index (χ0v) is 19.5. The molecule has 0 heterocycles. The third-order valence-corrected chi connectivity index (χ3v) is 9.48. The highest BCUT2D eigenvalue weighted by molar-refractivity contribution is 5.91. The summed E-state index contributed by atoms with van der Waals surface area (Å²) >= 11 is 0. The van der Waals surface area contributed by atoms with Crippen molar-refractivity contribution in [1.29, 1.82) is 0 Å². The number of aliphatic hydroxyl groups excluding tert-OH is 1. The van der Waals surface area contributed by atoms with Crippen molar-refractivity contribution in [1.82, 2.24) is 4.90 Å². The van der Waals surface area contributed by atoms with Crippen molar-refractivity contribution in [2.45, 2.75) is 72.1 Å². The van der Waals surface area contributed by atoms with E-state index in [9.17, 15) is 9.59 Å². The average molecular weight is 431 g/mol. The Bertz CT molecular complexity index is 805. The lowest BCUT2D eigenvalue weighted by atomic mass is 9.46. The second-order valence-corrected chi connectivity index (χ2v) is 10.9. The molecule has 3 fully saturated rings. The van der Waals surface area contributed by atoms with Crippen LogP contribution in [0.25, 0.3) is 0 Å². The van der Waals surface area contributed by atoms with Gasteiger partial charge in [-0.05, 0) is 86.5 Å². The van der Waals surface area contributed by atoms with Crippen molar-refractivity contribution in [3.8, 4) is 0 Å². The van der Waals surface area contributed by atoms with Gasteiger partial charge in [-0.15, -0.1) is 0 Å². The summed E-state index contributed by atoms with van der Waals surface area (Å²) in [5, 5.41) is 13.2. The van der Waals surface area contributed by atoms with Crippen LogP contribution in [0.3, 0.4) is 0 Å². The molecule has 31 heavy (non-hydrogen) atoms. The summed E-state index contributed by atoms with van der Waals surface area (Å²) in [6, 6.07) is 0. The molecule has 6 atom stereocenters. The van der Waals surface area contributed by atoms with E-state index in [1.54, 1.807) is 7.05 Å². The molecular formula is C25H38N2O4. The molecule has 6 heteroatoms. The van der Waals surface area contributed by atoms with Crippen LogP contribution in [0.5, 0.6) is 0 Å². The fourth-order valence-corrected chi connectivity index (χ4v) is 7.73. The Balaban J connectivity index is 1.49. The molecule has 0 aliphatic heterocycles. The van der Waals surface area contributed by atoms with Crippen LogP contribution in [0.2, 0.25) is 0 Å². The van der Waals surface area contributed by atoms with E-state index in [0.717, 1.165) is 25.0 Å². The van der Waals surface area contributed by atoms with Gasteiger partial charge in [0.05, 0.1) is 12.3 Å². The maximum atomic E-state index is 12.1. The third kappa shape index (κ3) is 3.75. The average Bonchev–Trinajstić information content (AvgIpc) is 3.09.